The smallest absolute Gasteiger partial charge is 0.0104 e. The number of rotatable bonds is 5. The molecule has 1 nitrogen and oxygen atoms in total. The predicted octanol–water partition coefficient (Wildman–Crippen LogP) is 3.45. The topological polar surface area (TPSA) is 12.0 Å². The molecule has 0 radical (unpaired) electrons. The third kappa shape index (κ3) is 1.61. The number of hydrogen-bond acceptors (Lipinski definition) is 1. The molecule has 4 aliphatic rings. The van der Waals surface area contributed by atoms with Crippen molar-refractivity contribution in [3.05, 3.63) is 0 Å². The van der Waals surface area contributed by atoms with Gasteiger partial charge in [0.25, 0.3) is 0 Å². The van der Waals surface area contributed by atoms with Gasteiger partial charge in [-0.2, -0.15) is 0 Å². The van der Waals surface area contributed by atoms with Gasteiger partial charge in [0.15, 0.2) is 0 Å². The minimum atomic E-state index is 0.892. The molecule has 5 unspecified atom stereocenters. The van der Waals surface area contributed by atoms with Crippen LogP contribution in [0.15, 0.2) is 0 Å². The van der Waals surface area contributed by atoms with Crippen LogP contribution >= 0.6 is 0 Å². The summed E-state index contributed by atoms with van der Waals surface area (Å²) in [5.41, 5.74) is 0. The maximum absolute atomic E-state index is 3.84. The Bertz CT molecular complexity index is 280. The molecule has 0 aliphatic heterocycles. The first kappa shape index (κ1) is 10.8. The monoisotopic (exact) mass is 233 g/mol. The van der Waals surface area contributed by atoms with Crippen LogP contribution in [0.3, 0.4) is 0 Å². The van der Waals surface area contributed by atoms with Crippen LogP contribution in [-0.4, -0.2) is 12.6 Å². The van der Waals surface area contributed by atoms with E-state index in [9.17, 15) is 0 Å². The highest BCUT2D eigenvalue weighted by atomic mass is 14.9. The van der Waals surface area contributed by atoms with E-state index >= 15 is 0 Å². The molecule has 1 N–H and O–H groups in total. The molecule has 0 saturated heterocycles. The summed E-state index contributed by atoms with van der Waals surface area (Å²) < 4.78 is 0. The van der Waals surface area contributed by atoms with Gasteiger partial charge in [-0.15, -0.1) is 0 Å². The summed E-state index contributed by atoms with van der Waals surface area (Å²) in [6, 6.07) is 0.892. The maximum Gasteiger partial charge on any atom is 0.0104 e. The maximum atomic E-state index is 3.84. The molecule has 0 spiro atoms. The summed E-state index contributed by atoms with van der Waals surface area (Å²) in [6.07, 6.45) is 10.8. The molecule has 4 aliphatic carbocycles. The zero-order valence-corrected chi connectivity index (χ0v) is 11.2. The van der Waals surface area contributed by atoms with Crippen molar-refractivity contribution in [2.45, 2.75) is 57.9 Å². The van der Waals surface area contributed by atoms with Crippen molar-refractivity contribution in [2.24, 2.45) is 35.5 Å². The first-order valence-electron chi connectivity index (χ1n) is 8.12. The number of nitrogens with one attached hydrogen (secondary N) is 1. The Morgan fingerprint density at radius 2 is 1.76 bits per heavy atom. The fourth-order valence-corrected chi connectivity index (χ4v) is 5.66. The van der Waals surface area contributed by atoms with Gasteiger partial charge < -0.3 is 5.32 Å². The van der Waals surface area contributed by atoms with Crippen molar-refractivity contribution >= 4 is 0 Å². The summed E-state index contributed by atoms with van der Waals surface area (Å²) in [6.45, 7) is 3.48. The van der Waals surface area contributed by atoms with Crippen molar-refractivity contribution in [1.82, 2.24) is 5.32 Å². The Morgan fingerprint density at radius 1 is 1.06 bits per heavy atom. The van der Waals surface area contributed by atoms with E-state index in [2.05, 4.69) is 12.2 Å². The summed E-state index contributed by atoms with van der Waals surface area (Å²) in [5, 5.41) is 3.84. The third-order valence-electron chi connectivity index (χ3n) is 6.54. The molecule has 0 amide bonds. The van der Waals surface area contributed by atoms with Gasteiger partial charge in [-0.05, 0) is 67.7 Å². The van der Waals surface area contributed by atoms with Crippen molar-refractivity contribution in [3.8, 4) is 0 Å². The molecule has 0 aromatic carbocycles. The molecule has 4 rings (SSSR count). The van der Waals surface area contributed by atoms with Gasteiger partial charge in [0.2, 0.25) is 0 Å². The van der Waals surface area contributed by atoms with Gasteiger partial charge in [0.05, 0.1) is 0 Å². The van der Waals surface area contributed by atoms with Crippen LogP contribution < -0.4 is 5.32 Å². The van der Waals surface area contributed by atoms with E-state index in [1.165, 1.54) is 32.2 Å². The van der Waals surface area contributed by atoms with Crippen molar-refractivity contribution in [1.29, 1.82) is 0 Å². The Balaban J connectivity index is 1.41. The molecule has 17 heavy (non-hydrogen) atoms. The van der Waals surface area contributed by atoms with Crippen LogP contribution in [0.2, 0.25) is 0 Å². The summed E-state index contributed by atoms with van der Waals surface area (Å²) in [4.78, 5) is 0. The van der Waals surface area contributed by atoms with Crippen LogP contribution in [0, 0.1) is 35.5 Å². The summed E-state index contributed by atoms with van der Waals surface area (Å²) in [7, 11) is 0. The minimum absolute atomic E-state index is 0.892. The molecule has 4 saturated carbocycles. The van der Waals surface area contributed by atoms with Crippen molar-refractivity contribution in [2.75, 3.05) is 6.54 Å². The standard InChI is InChI=1S/C16H27N/c1-2-17-13(8-10-4-3-5-10)16-14-11-6-7-12(9-11)15(14)16/h10-17H,2-9H2,1H3. The van der Waals surface area contributed by atoms with Gasteiger partial charge in [0, 0.05) is 6.04 Å². The lowest BCUT2D eigenvalue weighted by Gasteiger charge is -2.31. The average molecular weight is 233 g/mol. The Hall–Kier alpha value is -0.0400. The molecule has 96 valence electrons. The van der Waals surface area contributed by atoms with E-state index in [1.54, 1.807) is 19.3 Å². The first-order chi connectivity index (χ1) is 8.38. The fourth-order valence-electron chi connectivity index (χ4n) is 5.66. The normalized spacial score (nSPS) is 48.9. The van der Waals surface area contributed by atoms with Gasteiger partial charge in [-0.1, -0.05) is 26.2 Å². The quantitative estimate of drug-likeness (QED) is 0.767. The first-order valence-corrected chi connectivity index (χ1v) is 8.12. The van der Waals surface area contributed by atoms with Crippen LogP contribution in [0.5, 0.6) is 0 Å². The zero-order chi connectivity index (χ0) is 11.4. The second-order valence-corrected chi connectivity index (χ2v) is 7.26. The number of hydrogen-bond donors (Lipinski definition) is 1. The molecular formula is C16H27N. The molecular weight excluding hydrogens is 206 g/mol. The molecule has 4 fully saturated rings. The van der Waals surface area contributed by atoms with Gasteiger partial charge in [-0.3, -0.25) is 0 Å². The lowest BCUT2D eigenvalue weighted by molar-refractivity contribution is 0.234. The van der Waals surface area contributed by atoms with Crippen LogP contribution in [-0.2, 0) is 0 Å². The van der Waals surface area contributed by atoms with E-state index in [0.29, 0.717) is 0 Å². The van der Waals surface area contributed by atoms with E-state index < -0.39 is 0 Å². The largest absolute Gasteiger partial charge is 0.314 e. The highest BCUT2D eigenvalue weighted by Crippen LogP contribution is 2.70. The van der Waals surface area contributed by atoms with Crippen molar-refractivity contribution < 1.29 is 0 Å². The SMILES string of the molecule is CCNC(CC1CCC1)C1C2C3CCC(C3)C21. The number of fused-ring (bicyclic) bond motifs is 5. The fraction of sp³-hybridized carbons (Fsp3) is 1.00. The van der Waals surface area contributed by atoms with Gasteiger partial charge in [-0.25, -0.2) is 0 Å². The lowest BCUT2D eigenvalue weighted by Crippen LogP contribution is -2.36. The highest BCUT2D eigenvalue weighted by Gasteiger charge is 2.66. The van der Waals surface area contributed by atoms with Crippen LogP contribution in [0.4, 0.5) is 0 Å². The Labute approximate surface area is 106 Å². The highest BCUT2D eigenvalue weighted by molar-refractivity contribution is 5.15. The second-order valence-electron chi connectivity index (χ2n) is 7.26. The van der Waals surface area contributed by atoms with Crippen LogP contribution in [0.25, 0.3) is 0 Å². The molecule has 1 heteroatoms. The Morgan fingerprint density at radius 3 is 2.29 bits per heavy atom. The predicted molar refractivity (Wildman–Crippen MR) is 70.7 cm³/mol. The zero-order valence-electron chi connectivity index (χ0n) is 11.2. The van der Waals surface area contributed by atoms with Gasteiger partial charge >= 0.3 is 0 Å². The van der Waals surface area contributed by atoms with E-state index in [1.807, 2.05) is 0 Å². The Kier molecular flexibility index (Phi) is 2.54. The second kappa shape index (κ2) is 3.98. The van der Waals surface area contributed by atoms with Crippen LogP contribution in [0.1, 0.15) is 51.9 Å². The minimum Gasteiger partial charge on any atom is -0.314 e. The van der Waals surface area contributed by atoms with E-state index in [0.717, 1.165) is 41.5 Å². The summed E-state index contributed by atoms with van der Waals surface area (Å²) in [5.74, 6) is 6.81. The third-order valence-corrected chi connectivity index (χ3v) is 6.54. The molecule has 2 bridgehead atoms. The van der Waals surface area contributed by atoms with E-state index in [-0.39, 0.29) is 0 Å². The molecule has 0 heterocycles. The molecule has 5 atom stereocenters. The molecule has 0 aromatic heterocycles. The molecule has 0 aromatic rings. The van der Waals surface area contributed by atoms with E-state index in [4.69, 9.17) is 0 Å². The lowest BCUT2D eigenvalue weighted by atomic mass is 9.79. The van der Waals surface area contributed by atoms with Gasteiger partial charge in [0.1, 0.15) is 0 Å². The average Bonchev–Trinajstić information content (AvgIpc) is 2.71. The van der Waals surface area contributed by atoms with Crippen molar-refractivity contribution in [3.63, 3.8) is 0 Å². The summed E-state index contributed by atoms with van der Waals surface area (Å²) >= 11 is 0.